The van der Waals surface area contributed by atoms with E-state index in [0.29, 0.717) is 22.3 Å². The van der Waals surface area contributed by atoms with Crippen LogP contribution < -0.4 is 9.47 Å². The highest BCUT2D eigenvalue weighted by Gasteiger charge is 2.13. The molecule has 0 aliphatic heterocycles. The van der Waals surface area contributed by atoms with Crippen molar-refractivity contribution in [2.75, 3.05) is 20.8 Å². The van der Waals surface area contributed by atoms with Gasteiger partial charge in [0.1, 0.15) is 11.5 Å². The Morgan fingerprint density at radius 3 is 2.39 bits per heavy atom. The van der Waals surface area contributed by atoms with E-state index in [1.807, 2.05) is 6.07 Å². The second-order valence-electron chi connectivity index (χ2n) is 4.93. The molecule has 2 aromatic rings. The third-order valence-electron chi connectivity index (χ3n) is 3.29. The van der Waals surface area contributed by atoms with Crippen molar-refractivity contribution in [2.24, 2.45) is 0 Å². The highest BCUT2D eigenvalue weighted by atomic mass is 35.5. The van der Waals surface area contributed by atoms with Gasteiger partial charge in [-0.3, -0.25) is 4.79 Å². The maximum absolute atomic E-state index is 12.1. The van der Waals surface area contributed by atoms with Crippen LogP contribution in [0.2, 0.25) is 10.0 Å². The highest BCUT2D eigenvalue weighted by molar-refractivity contribution is 6.42. The van der Waals surface area contributed by atoms with Crippen LogP contribution in [0.25, 0.3) is 0 Å². The van der Waals surface area contributed by atoms with Crippen molar-refractivity contribution in [3.05, 3.63) is 58.1 Å². The number of ether oxygens (including phenoxy) is 2. The number of methoxy groups -OCH3 is 1. The van der Waals surface area contributed by atoms with Gasteiger partial charge in [0.05, 0.1) is 17.2 Å². The Bertz CT molecular complexity index is 674. The summed E-state index contributed by atoms with van der Waals surface area (Å²) in [5.41, 5.74) is 0.791. The molecular formula is C17H17Cl2NO3. The summed E-state index contributed by atoms with van der Waals surface area (Å²) in [5.74, 6) is 1.18. The molecule has 1 amide bonds. The molecule has 0 bridgehead atoms. The number of hydrogen-bond acceptors (Lipinski definition) is 3. The van der Waals surface area contributed by atoms with Crippen LogP contribution in [-0.2, 0) is 11.3 Å². The first-order chi connectivity index (χ1) is 11.0. The minimum atomic E-state index is -0.156. The van der Waals surface area contributed by atoms with Crippen molar-refractivity contribution in [2.45, 2.75) is 6.54 Å². The second-order valence-corrected chi connectivity index (χ2v) is 5.71. The molecule has 0 aliphatic rings. The molecule has 0 aromatic heterocycles. The Morgan fingerprint density at radius 1 is 1.09 bits per heavy atom. The number of benzene rings is 2. The molecule has 2 aromatic carbocycles. The van der Waals surface area contributed by atoms with Crippen molar-refractivity contribution >= 4 is 29.1 Å². The number of amides is 1. The molecule has 0 heterocycles. The Morgan fingerprint density at radius 2 is 1.74 bits per heavy atom. The lowest BCUT2D eigenvalue weighted by molar-refractivity contribution is -0.132. The minimum Gasteiger partial charge on any atom is -0.497 e. The van der Waals surface area contributed by atoms with Gasteiger partial charge >= 0.3 is 0 Å². The monoisotopic (exact) mass is 353 g/mol. The quantitative estimate of drug-likeness (QED) is 0.786. The lowest BCUT2D eigenvalue weighted by Gasteiger charge is -2.18. The molecule has 0 atom stereocenters. The van der Waals surface area contributed by atoms with Crippen LogP contribution in [0.5, 0.6) is 11.5 Å². The summed E-state index contributed by atoms with van der Waals surface area (Å²) in [6.07, 6.45) is 0. The summed E-state index contributed by atoms with van der Waals surface area (Å²) in [7, 11) is 3.28. The summed E-state index contributed by atoms with van der Waals surface area (Å²) >= 11 is 12.1. The van der Waals surface area contributed by atoms with Crippen LogP contribution in [0.4, 0.5) is 0 Å². The molecule has 0 aliphatic carbocycles. The van der Waals surface area contributed by atoms with Crippen molar-refractivity contribution < 1.29 is 14.3 Å². The van der Waals surface area contributed by atoms with E-state index in [4.69, 9.17) is 32.7 Å². The summed E-state index contributed by atoms with van der Waals surface area (Å²) in [6, 6.07) is 12.4. The molecule has 0 radical (unpaired) electrons. The largest absolute Gasteiger partial charge is 0.497 e. The maximum atomic E-state index is 12.1. The third kappa shape index (κ3) is 4.78. The fourth-order valence-corrected chi connectivity index (χ4v) is 2.32. The van der Waals surface area contributed by atoms with Crippen LogP contribution in [0.1, 0.15) is 5.56 Å². The first kappa shape index (κ1) is 17.4. The number of rotatable bonds is 6. The van der Waals surface area contributed by atoms with Crippen LogP contribution in [0.15, 0.2) is 42.5 Å². The number of likely N-dealkylation sites (N-methyl/N-ethyl adjacent to an activating group) is 1. The predicted octanol–water partition coefficient (Wildman–Crippen LogP) is 4.04. The lowest BCUT2D eigenvalue weighted by atomic mass is 10.2. The van der Waals surface area contributed by atoms with E-state index in [2.05, 4.69) is 0 Å². The molecule has 4 nitrogen and oxygen atoms in total. The summed E-state index contributed by atoms with van der Waals surface area (Å²) in [4.78, 5) is 13.7. The first-order valence-corrected chi connectivity index (χ1v) is 7.70. The highest BCUT2D eigenvalue weighted by Crippen LogP contribution is 2.26. The van der Waals surface area contributed by atoms with Gasteiger partial charge in [0.15, 0.2) is 6.61 Å². The van der Waals surface area contributed by atoms with Gasteiger partial charge in [-0.25, -0.2) is 0 Å². The Balaban J connectivity index is 1.90. The molecule has 122 valence electrons. The maximum Gasteiger partial charge on any atom is 0.260 e. The van der Waals surface area contributed by atoms with Crippen molar-refractivity contribution in [1.29, 1.82) is 0 Å². The summed E-state index contributed by atoms with van der Waals surface area (Å²) < 4.78 is 10.5. The summed E-state index contributed by atoms with van der Waals surface area (Å²) in [5, 5.41) is 0.935. The Labute approximate surface area is 145 Å². The van der Waals surface area contributed by atoms with Crippen LogP contribution >= 0.6 is 23.2 Å². The average Bonchev–Trinajstić information content (AvgIpc) is 2.57. The molecule has 0 spiro atoms. The average molecular weight is 354 g/mol. The molecule has 0 saturated heterocycles. The number of nitrogens with zero attached hydrogens (tertiary/aromatic N) is 1. The molecule has 0 N–H and O–H groups in total. The zero-order valence-electron chi connectivity index (χ0n) is 12.9. The van der Waals surface area contributed by atoms with E-state index >= 15 is 0 Å². The van der Waals surface area contributed by atoms with E-state index in [0.717, 1.165) is 11.3 Å². The number of carbonyl (C=O) groups excluding carboxylic acids is 1. The van der Waals surface area contributed by atoms with E-state index in [9.17, 15) is 4.79 Å². The van der Waals surface area contributed by atoms with Crippen LogP contribution in [0.3, 0.4) is 0 Å². The SMILES string of the molecule is COc1ccc(OCC(=O)N(C)Cc2cccc(Cl)c2Cl)cc1. The molecular weight excluding hydrogens is 337 g/mol. The summed E-state index contributed by atoms with van der Waals surface area (Å²) in [6.45, 7) is 0.311. The van der Waals surface area contributed by atoms with Gasteiger partial charge in [-0.2, -0.15) is 0 Å². The van der Waals surface area contributed by atoms with Crippen molar-refractivity contribution in [3.8, 4) is 11.5 Å². The van der Waals surface area contributed by atoms with Gasteiger partial charge < -0.3 is 14.4 Å². The van der Waals surface area contributed by atoms with Gasteiger partial charge in [0.2, 0.25) is 0 Å². The number of carbonyl (C=O) groups is 1. The topological polar surface area (TPSA) is 38.8 Å². The zero-order chi connectivity index (χ0) is 16.8. The number of halogens is 2. The van der Waals surface area contributed by atoms with E-state index < -0.39 is 0 Å². The van der Waals surface area contributed by atoms with E-state index in [-0.39, 0.29) is 12.5 Å². The lowest BCUT2D eigenvalue weighted by Crippen LogP contribution is -2.31. The minimum absolute atomic E-state index is 0.0546. The molecule has 2 rings (SSSR count). The Hall–Kier alpha value is -1.91. The van der Waals surface area contributed by atoms with Gasteiger partial charge in [-0.1, -0.05) is 35.3 Å². The first-order valence-electron chi connectivity index (χ1n) is 6.95. The molecule has 23 heavy (non-hydrogen) atoms. The van der Waals surface area contributed by atoms with Gasteiger partial charge in [0.25, 0.3) is 5.91 Å². The molecule has 0 fully saturated rings. The zero-order valence-corrected chi connectivity index (χ0v) is 14.4. The molecule has 0 saturated carbocycles. The van der Waals surface area contributed by atoms with Gasteiger partial charge in [-0.15, -0.1) is 0 Å². The van der Waals surface area contributed by atoms with E-state index in [1.165, 1.54) is 0 Å². The number of hydrogen-bond donors (Lipinski definition) is 0. The molecule has 6 heteroatoms. The van der Waals surface area contributed by atoms with Crippen LogP contribution in [-0.4, -0.2) is 31.6 Å². The fraction of sp³-hybridized carbons (Fsp3) is 0.235. The second kappa shape index (κ2) is 8.09. The van der Waals surface area contributed by atoms with Gasteiger partial charge in [-0.05, 0) is 35.9 Å². The van der Waals surface area contributed by atoms with E-state index in [1.54, 1.807) is 55.5 Å². The predicted molar refractivity (Wildman–Crippen MR) is 91.4 cm³/mol. The fourth-order valence-electron chi connectivity index (χ4n) is 1.94. The Kier molecular flexibility index (Phi) is 6.13. The van der Waals surface area contributed by atoms with Crippen LogP contribution in [0, 0.1) is 0 Å². The normalized spacial score (nSPS) is 10.3. The van der Waals surface area contributed by atoms with Crippen molar-refractivity contribution in [1.82, 2.24) is 4.90 Å². The van der Waals surface area contributed by atoms with Gasteiger partial charge in [0, 0.05) is 13.6 Å². The third-order valence-corrected chi connectivity index (χ3v) is 4.14. The smallest absolute Gasteiger partial charge is 0.260 e. The molecule has 0 unspecified atom stereocenters. The van der Waals surface area contributed by atoms with Crippen molar-refractivity contribution in [3.63, 3.8) is 0 Å². The standard InChI is InChI=1S/C17H17Cl2NO3/c1-20(10-12-4-3-5-15(18)17(12)19)16(21)11-23-14-8-6-13(22-2)7-9-14/h3-9H,10-11H2,1-2H3.